The van der Waals surface area contributed by atoms with Gasteiger partial charge in [-0.1, -0.05) is 37.6 Å². The molecular formula is C16H28N2. The lowest BCUT2D eigenvalue weighted by atomic mass is 9.96. The fraction of sp³-hybridized carbons (Fsp3) is 0.625. The van der Waals surface area contributed by atoms with Crippen LogP contribution in [0.4, 0.5) is 0 Å². The topological polar surface area (TPSA) is 38.0 Å². The second-order valence-electron chi connectivity index (χ2n) is 5.62. The first-order valence-corrected chi connectivity index (χ1v) is 7.01. The molecule has 2 heteroatoms. The smallest absolute Gasteiger partial charge is 0.000588 e. The number of rotatable bonds is 7. The molecule has 0 saturated carbocycles. The van der Waals surface area contributed by atoms with E-state index in [1.807, 2.05) is 0 Å². The molecule has 3 N–H and O–H groups in total. The Labute approximate surface area is 112 Å². The van der Waals surface area contributed by atoms with E-state index in [4.69, 9.17) is 5.73 Å². The highest BCUT2D eigenvalue weighted by atomic mass is 14.9. The first-order valence-electron chi connectivity index (χ1n) is 7.01. The molecule has 0 spiro atoms. The number of benzene rings is 1. The van der Waals surface area contributed by atoms with Crippen molar-refractivity contribution in [2.45, 2.75) is 34.1 Å². The third-order valence-corrected chi connectivity index (χ3v) is 3.73. The van der Waals surface area contributed by atoms with Crippen LogP contribution in [0.1, 0.15) is 30.5 Å². The zero-order valence-corrected chi connectivity index (χ0v) is 12.3. The minimum atomic E-state index is 0.587. The third kappa shape index (κ3) is 4.79. The van der Waals surface area contributed by atoms with Gasteiger partial charge in [0.1, 0.15) is 0 Å². The minimum Gasteiger partial charge on any atom is -0.330 e. The van der Waals surface area contributed by atoms with Gasteiger partial charge in [0.25, 0.3) is 0 Å². The van der Waals surface area contributed by atoms with E-state index in [1.165, 1.54) is 16.7 Å². The molecule has 0 saturated heterocycles. The van der Waals surface area contributed by atoms with Gasteiger partial charge >= 0.3 is 0 Å². The second-order valence-corrected chi connectivity index (χ2v) is 5.62. The Morgan fingerprint density at radius 2 is 1.94 bits per heavy atom. The summed E-state index contributed by atoms with van der Waals surface area (Å²) in [6.07, 6.45) is 1.10. The van der Waals surface area contributed by atoms with Crippen molar-refractivity contribution in [3.8, 4) is 0 Å². The maximum absolute atomic E-state index is 5.77. The highest BCUT2D eigenvalue weighted by molar-refractivity contribution is 5.30. The molecule has 0 fully saturated rings. The van der Waals surface area contributed by atoms with Crippen LogP contribution in [0.25, 0.3) is 0 Å². The van der Waals surface area contributed by atoms with Gasteiger partial charge in [0.15, 0.2) is 0 Å². The molecule has 0 heterocycles. The lowest BCUT2D eigenvalue weighted by Gasteiger charge is -2.19. The van der Waals surface area contributed by atoms with Crippen molar-refractivity contribution < 1.29 is 0 Å². The maximum atomic E-state index is 5.77. The average Bonchev–Trinajstić information content (AvgIpc) is 2.33. The Bertz CT molecular complexity index is 358. The number of aryl methyl sites for hydroxylation is 2. The van der Waals surface area contributed by atoms with Crippen LogP contribution in [-0.2, 0) is 6.42 Å². The van der Waals surface area contributed by atoms with E-state index in [9.17, 15) is 0 Å². The molecule has 1 rings (SSSR count). The van der Waals surface area contributed by atoms with Gasteiger partial charge in [-0.25, -0.2) is 0 Å². The predicted molar refractivity (Wildman–Crippen MR) is 79.9 cm³/mol. The zero-order chi connectivity index (χ0) is 13.5. The van der Waals surface area contributed by atoms with Crippen molar-refractivity contribution >= 4 is 0 Å². The van der Waals surface area contributed by atoms with E-state index in [-0.39, 0.29) is 0 Å². The normalized spacial score (nSPS) is 13.0. The summed E-state index contributed by atoms with van der Waals surface area (Å²) in [5.74, 6) is 1.24. The predicted octanol–water partition coefficient (Wildman–Crippen LogP) is 2.67. The van der Waals surface area contributed by atoms with Crippen LogP contribution in [0.2, 0.25) is 0 Å². The summed E-state index contributed by atoms with van der Waals surface area (Å²) >= 11 is 0. The summed E-state index contributed by atoms with van der Waals surface area (Å²) in [7, 11) is 0. The summed E-state index contributed by atoms with van der Waals surface area (Å²) in [6, 6.07) is 6.68. The quantitative estimate of drug-likeness (QED) is 0.728. The molecule has 0 aromatic heterocycles. The Balaban J connectivity index is 2.35. The fourth-order valence-corrected chi connectivity index (χ4v) is 2.17. The molecule has 1 aromatic rings. The lowest BCUT2D eigenvalue weighted by Crippen LogP contribution is -2.32. The molecule has 0 aliphatic rings. The van der Waals surface area contributed by atoms with E-state index in [0.29, 0.717) is 11.8 Å². The first kappa shape index (κ1) is 15.2. The van der Waals surface area contributed by atoms with Crippen LogP contribution >= 0.6 is 0 Å². The Kier molecular flexibility index (Phi) is 6.37. The van der Waals surface area contributed by atoms with Crippen molar-refractivity contribution in [1.29, 1.82) is 0 Å². The molecule has 18 heavy (non-hydrogen) atoms. The summed E-state index contributed by atoms with van der Waals surface area (Å²) in [4.78, 5) is 0. The van der Waals surface area contributed by atoms with Crippen molar-refractivity contribution in [2.24, 2.45) is 17.6 Å². The van der Waals surface area contributed by atoms with Crippen LogP contribution < -0.4 is 11.1 Å². The van der Waals surface area contributed by atoms with Gasteiger partial charge < -0.3 is 11.1 Å². The van der Waals surface area contributed by atoms with Gasteiger partial charge in [-0.3, -0.25) is 0 Å². The Morgan fingerprint density at radius 3 is 2.56 bits per heavy atom. The molecular weight excluding hydrogens is 220 g/mol. The number of hydrogen-bond donors (Lipinski definition) is 2. The number of nitrogens with one attached hydrogen (secondary N) is 1. The van der Waals surface area contributed by atoms with Crippen LogP contribution in [0.3, 0.4) is 0 Å². The summed E-state index contributed by atoms with van der Waals surface area (Å²) in [6.45, 7) is 11.7. The average molecular weight is 248 g/mol. The summed E-state index contributed by atoms with van der Waals surface area (Å²) in [5, 5.41) is 3.53. The standard InChI is InChI=1S/C16H28N2/c1-12(2)16(10-17)11-18-8-7-15-9-13(3)5-6-14(15)4/h5-6,9,12,16,18H,7-8,10-11,17H2,1-4H3. The highest BCUT2D eigenvalue weighted by Gasteiger charge is 2.10. The molecule has 1 aromatic carbocycles. The van der Waals surface area contributed by atoms with Crippen molar-refractivity contribution in [2.75, 3.05) is 19.6 Å². The number of nitrogens with two attached hydrogens (primary N) is 1. The third-order valence-electron chi connectivity index (χ3n) is 3.73. The van der Waals surface area contributed by atoms with Gasteiger partial charge in [-0.2, -0.15) is 0 Å². The van der Waals surface area contributed by atoms with Gasteiger partial charge in [0, 0.05) is 0 Å². The molecule has 1 atom stereocenters. The monoisotopic (exact) mass is 248 g/mol. The molecule has 102 valence electrons. The van der Waals surface area contributed by atoms with Gasteiger partial charge in [0.2, 0.25) is 0 Å². The highest BCUT2D eigenvalue weighted by Crippen LogP contribution is 2.11. The van der Waals surface area contributed by atoms with E-state index in [2.05, 4.69) is 51.2 Å². The van der Waals surface area contributed by atoms with Crippen molar-refractivity contribution in [3.63, 3.8) is 0 Å². The van der Waals surface area contributed by atoms with E-state index >= 15 is 0 Å². The summed E-state index contributed by atoms with van der Waals surface area (Å²) < 4.78 is 0. The van der Waals surface area contributed by atoms with E-state index in [1.54, 1.807) is 0 Å². The Morgan fingerprint density at radius 1 is 1.22 bits per heavy atom. The molecule has 0 radical (unpaired) electrons. The largest absolute Gasteiger partial charge is 0.330 e. The second kappa shape index (κ2) is 7.55. The van der Waals surface area contributed by atoms with E-state index < -0.39 is 0 Å². The first-order chi connectivity index (χ1) is 8.54. The molecule has 0 aliphatic carbocycles. The minimum absolute atomic E-state index is 0.587. The van der Waals surface area contributed by atoms with Gasteiger partial charge in [-0.15, -0.1) is 0 Å². The molecule has 2 nitrogen and oxygen atoms in total. The molecule has 0 amide bonds. The SMILES string of the molecule is Cc1ccc(C)c(CCNCC(CN)C(C)C)c1. The molecule has 0 bridgehead atoms. The van der Waals surface area contributed by atoms with Gasteiger partial charge in [-0.05, 0) is 62.9 Å². The van der Waals surface area contributed by atoms with E-state index in [0.717, 1.165) is 26.1 Å². The van der Waals surface area contributed by atoms with Crippen molar-refractivity contribution in [3.05, 3.63) is 34.9 Å². The van der Waals surface area contributed by atoms with Gasteiger partial charge in [0.05, 0.1) is 0 Å². The maximum Gasteiger partial charge on any atom is -0.000588 e. The molecule has 1 unspecified atom stereocenters. The zero-order valence-electron chi connectivity index (χ0n) is 12.3. The Hall–Kier alpha value is -0.860. The van der Waals surface area contributed by atoms with Crippen LogP contribution in [0, 0.1) is 25.7 Å². The van der Waals surface area contributed by atoms with Crippen LogP contribution in [-0.4, -0.2) is 19.6 Å². The summed E-state index contributed by atoms with van der Waals surface area (Å²) in [5.41, 5.74) is 9.96. The van der Waals surface area contributed by atoms with Crippen LogP contribution in [0.5, 0.6) is 0 Å². The van der Waals surface area contributed by atoms with Crippen LogP contribution in [0.15, 0.2) is 18.2 Å². The lowest BCUT2D eigenvalue weighted by molar-refractivity contribution is 0.372. The number of hydrogen-bond acceptors (Lipinski definition) is 2. The fourth-order valence-electron chi connectivity index (χ4n) is 2.17. The van der Waals surface area contributed by atoms with Crippen molar-refractivity contribution in [1.82, 2.24) is 5.32 Å². The molecule has 0 aliphatic heterocycles.